The van der Waals surface area contributed by atoms with E-state index in [1.165, 1.54) is 6.42 Å². The Morgan fingerprint density at radius 3 is 2.46 bits per heavy atom. The SMILES string of the molecule is CNC(=O)[C@@H](C)NC1CC(C)C1C. The Morgan fingerprint density at radius 1 is 1.46 bits per heavy atom. The minimum atomic E-state index is -0.0649. The van der Waals surface area contributed by atoms with E-state index in [-0.39, 0.29) is 11.9 Å². The molecule has 1 fully saturated rings. The summed E-state index contributed by atoms with van der Waals surface area (Å²) in [6.07, 6.45) is 1.20. The molecular weight excluding hydrogens is 164 g/mol. The Hall–Kier alpha value is -0.570. The molecule has 3 heteroatoms. The Kier molecular flexibility index (Phi) is 3.31. The molecule has 76 valence electrons. The van der Waals surface area contributed by atoms with Crippen LogP contribution in [0.4, 0.5) is 0 Å². The van der Waals surface area contributed by atoms with Crippen LogP contribution in [0.15, 0.2) is 0 Å². The lowest BCUT2D eigenvalue weighted by molar-refractivity contribution is -0.122. The standard InChI is InChI=1S/C10H20N2O/c1-6-5-9(7(6)2)12-8(3)10(13)11-4/h6-9,12H,5H2,1-4H3,(H,11,13)/t6?,7?,8-,9?/m1/s1. The van der Waals surface area contributed by atoms with Gasteiger partial charge in [-0.1, -0.05) is 13.8 Å². The average Bonchev–Trinajstić information content (AvgIpc) is 2.15. The van der Waals surface area contributed by atoms with E-state index in [0.29, 0.717) is 12.0 Å². The highest BCUT2D eigenvalue weighted by Gasteiger charge is 2.35. The lowest BCUT2D eigenvalue weighted by Gasteiger charge is -2.42. The highest BCUT2D eigenvalue weighted by molar-refractivity contribution is 5.80. The van der Waals surface area contributed by atoms with Crippen LogP contribution in [0.1, 0.15) is 27.2 Å². The summed E-state index contributed by atoms with van der Waals surface area (Å²) in [7, 11) is 1.67. The van der Waals surface area contributed by atoms with Gasteiger partial charge in [-0.3, -0.25) is 4.79 Å². The predicted molar refractivity (Wildman–Crippen MR) is 53.4 cm³/mol. The van der Waals surface area contributed by atoms with Crippen LogP contribution >= 0.6 is 0 Å². The van der Waals surface area contributed by atoms with Gasteiger partial charge in [0.25, 0.3) is 0 Å². The zero-order valence-corrected chi connectivity index (χ0v) is 8.92. The highest BCUT2D eigenvalue weighted by atomic mass is 16.2. The van der Waals surface area contributed by atoms with Gasteiger partial charge in [-0.05, 0) is 25.2 Å². The maximum atomic E-state index is 11.2. The quantitative estimate of drug-likeness (QED) is 0.679. The molecule has 0 bridgehead atoms. The lowest BCUT2D eigenvalue weighted by atomic mass is 9.71. The summed E-state index contributed by atoms with van der Waals surface area (Å²) in [6, 6.07) is 0.465. The summed E-state index contributed by atoms with van der Waals surface area (Å²) < 4.78 is 0. The zero-order chi connectivity index (χ0) is 10.0. The monoisotopic (exact) mass is 184 g/mol. The minimum Gasteiger partial charge on any atom is -0.358 e. The van der Waals surface area contributed by atoms with Crippen molar-refractivity contribution in [1.82, 2.24) is 10.6 Å². The molecule has 0 aromatic carbocycles. The zero-order valence-electron chi connectivity index (χ0n) is 8.92. The normalized spacial score (nSPS) is 34.9. The molecule has 0 radical (unpaired) electrons. The molecule has 0 aromatic heterocycles. The van der Waals surface area contributed by atoms with E-state index in [0.717, 1.165) is 5.92 Å². The van der Waals surface area contributed by atoms with Crippen LogP contribution in [0.5, 0.6) is 0 Å². The first kappa shape index (κ1) is 10.5. The van der Waals surface area contributed by atoms with Gasteiger partial charge in [0, 0.05) is 13.1 Å². The molecule has 3 nitrogen and oxygen atoms in total. The van der Waals surface area contributed by atoms with Crippen molar-refractivity contribution in [1.29, 1.82) is 0 Å². The summed E-state index contributed by atoms with van der Waals surface area (Å²) in [5.41, 5.74) is 0. The summed E-state index contributed by atoms with van der Waals surface area (Å²) in [6.45, 7) is 6.41. The molecule has 1 saturated carbocycles. The Morgan fingerprint density at radius 2 is 2.08 bits per heavy atom. The highest BCUT2D eigenvalue weighted by Crippen LogP contribution is 2.33. The molecule has 1 amide bonds. The fourth-order valence-electron chi connectivity index (χ4n) is 1.86. The third-order valence-corrected chi connectivity index (χ3v) is 3.26. The number of hydrogen-bond donors (Lipinski definition) is 2. The van der Waals surface area contributed by atoms with E-state index in [1.54, 1.807) is 7.05 Å². The molecule has 0 aliphatic heterocycles. The van der Waals surface area contributed by atoms with Crippen LogP contribution in [0.2, 0.25) is 0 Å². The van der Waals surface area contributed by atoms with Gasteiger partial charge in [-0.2, -0.15) is 0 Å². The van der Waals surface area contributed by atoms with E-state index in [2.05, 4.69) is 24.5 Å². The van der Waals surface area contributed by atoms with Crippen molar-refractivity contribution in [2.45, 2.75) is 39.3 Å². The van der Waals surface area contributed by atoms with Gasteiger partial charge in [0.2, 0.25) is 5.91 Å². The first-order chi connectivity index (χ1) is 6.06. The predicted octanol–water partition coefficient (Wildman–Crippen LogP) is 0.755. The summed E-state index contributed by atoms with van der Waals surface area (Å²) in [5, 5.41) is 5.98. The third-order valence-electron chi connectivity index (χ3n) is 3.26. The van der Waals surface area contributed by atoms with E-state index in [1.807, 2.05) is 6.92 Å². The topological polar surface area (TPSA) is 41.1 Å². The van der Waals surface area contributed by atoms with Crippen LogP contribution in [-0.4, -0.2) is 25.0 Å². The van der Waals surface area contributed by atoms with Gasteiger partial charge in [-0.15, -0.1) is 0 Å². The van der Waals surface area contributed by atoms with Crippen molar-refractivity contribution >= 4 is 5.91 Å². The van der Waals surface area contributed by atoms with Crippen molar-refractivity contribution in [3.8, 4) is 0 Å². The Balaban J connectivity index is 2.29. The second-order valence-electron chi connectivity index (χ2n) is 4.18. The molecule has 1 rings (SSSR count). The fourth-order valence-corrected chi connectivity index (χ4v) is 1.86. The first-order valence-electron chi connectivity index (χ1n) is 5.04. The molecule has 2 N–H and O–H groups in total. The number of nitrogens with one attached hydrogen (secondary N) is 2. The molecule has 4 atom stereocenters. The van der Waals surface area contributed by atoms with Crippen molar-refractivity contribution in [2.24, 2.45) is 11.8 Å². The third kappa shape index (κ3) is 2.21. The molecular formula is C10H20N2O. The molecule has 0 spiro atoms. The maximum absolute atomic E-state index is 11.2. The number of rotatable bonds is 3. The Bertz CT molecular complexity index is 193. The van der Waals surface area contributed by atoms with Crippen LogP contribution in [0.25, 0.3) is 0 Å². The second-order valence-corrected chi connectivity index (χ2v) is 4.18. The van der Waals surface area contributed by atoms with Crippen molar-refractivity contribution in [2.75, 3.05) is 7.05 Å². The van der Waals surface area contributed by atoms with Crippen LogP contribution in [0.3, 0.4) is 0 Å². The average molecular weight is 184 g/mol. The van der Waals surface area contributed by atoms with E-state index in [9.17, 15) is 4.79 Å². The van der Waals surface area contributed by atoms with Gasteiger partial charge < -0.3 is 10.6 Å². The molecule has 1 aliphatic carbocycles. The Labute approximate surface area is 80.3 Å². The van der Waals surface area contributed by atoms with E-state index in [4.69, 9.17) is 0 Å². The largest absolute Gasteiger partial charge is 0.358 e. The van der Waals surface area contributed by atoms with Gasteiger partial charge >= 0.3 is 0 Å². The van der Waals surface area contributed by atoms with Crippen molar-refractivity contribution in [3.63, 3.8) is 0 Å². The van der Waals surface area contributed by atoms with Gasteiger partial charge in [-0.25, -0.2) is 0 Å². The second kappa shape index (κ2) is 4.09. The number of carbonyl (C=O) groups is 1. The smallest absolute Gasteiger partial charge is 0.236 e. The van der Waals surface area contributed by atoms with Gasteiger partial charge in [0.1, 0.15) is 0 Å². The van der Waals surface area contributed by atoms with E-state index >= 15 is 0 Å². The van der Waals surface area contributed by atoms with Gasteiger partial charge in [0.05, 0.1) is 6.04 Å². The van der Waals surface area contributed by atoms with Crippen LogP contribution < -0.4 is 10.6 Å². The first-order valence-corrected chi connectivity index (χ1v) is 5.04. The molecule has 1 aliphatic rings. The molecule has 13 heavy (non-hydrogen) atoms. The number of likely N-dealkylation sites (N-methyl/N-ethyl adjacent to an activating group) is 1. The summed E-state index contributed by atoms with van der Waals surface area (Å²) >= 11 is 0. The fraction of sp³-hybridized carbons (Fsp3) is 0.900. The van der Waals surface area contributed by atoms with Crippen LogP contribution in [0, 0.1) is 11.8 Å². The van der Waals surface area contributed by atoms with Gasteiger partial charge in [0.15, 0.2) is 0 Å². The molecule has 3 unspecified atom stereocenters. The van der Waals surface area contributed by atoms with Crippen molar-refractivity contribution < 1.29 is 4.79 Å². The van der Waals surface area contributed by atoms with E-state index < -0.39 is 0 Å². The number of hydrogen-bond acceptors (Lipinski definition) is 2. The summed E-state index contributed by atoms with van der Waals surface area (Å²) in [4.78, 5) is 11.2. The maximum Gasteiger partial charge on any atom is 0.236 e. The summed E-state index contributed by atoms with van der Waals surface area (Å²) in [5.74, 6) is 1.58. The number of carbonyl (C=O) groups excluding carboxylic acids is 1. The van der Waals surface area contributed by atoms with Crippen molar-refractivity contribution in [3.05, 3.63) is 0 Å². The minimum absolute atomic E-state index is 0.0649. The number of amides is 1. The molecule has 0 heterocycles. The molecule has 0 saturated heterocycles. The molecule has 0 aromatic rings. The van der Waals surface area contributed by atoms with Crippen LogP contribution in [-0.2, 0) is 4.79 Å². The lowest BCUT2D eigenvalue weighted by Crippen LogP contribution is -2.54.